The van der Waals surface area contributed by atoms with Crippen LogP contribution in [0, 0.1) is 6.92 Å². The number of carbonyl (C=O) groups excluding carboxylic acids is 2. The number of hydrogen-bond donors (Lipinski definition) is 1. The van der Waals surface area contributed by atoms with E-state index in [0.717, 1.165) is 18.4 Å². The monoisotopic (exact) mass is 221 g/mol. The van der Waals surface area contributed by atoms with Gasteiger partial charge in [-0.3, -0.25) is 9.59 Å². The van der Waals surface area contributed by atoms with E-state index in [9.17, 15) is 9.59 Å². The van der Waals surface area contributed by atoms with Crippen LogP contribution in [0.5, 0.6) is 0 Å². The number of Topliss-reactive ketones (excluding diaryl/α,β-unsaturated/α-hetero) is 1. The van der Waals surface area contributed by atoms with Crippen molar-refractivity contribution in [3.63, 3.8) is 0 Å². The summed E-state index contributed by atoms with van der Waals surface area (Å²) in [5.41, 5.74) is 0.837. The zero-order valence-electron chi connectivity index (χ0n) is 9.29. The second-order valence-corrected chi connectivity index (χ2v) is 4.22. The molecule has 1 N–H and O–H groups in total. The summed E-state index contributed by atoms with van der Waals surface area (Å²) < 4.78 is 5.11. The van der Waals surface area contributed by atoms with Crippen LogP contribution < -0.4 is 5.32 Å². The Labute approximate surface area is 94.0 Å². The van der Waals surface area contributed by atoms with E-state index in [-0.39, 0.29) is 11.9 Å². The molecular formula is C12H15NO3. The first kappa shape index (κ1) is 10.9. The van der Waals surface area contributed by atoms with Gasteiger partial charge >= 0.3 is 0 Å². The van der Waals surface area contributed by atoms with Crippen LogP contribution in [0.2, 0.25) is 0 Å². The van der Waals surface area contributed by atoms with Crippen LogP contribution in [-0.2, 0) is 4.79 Å². The van der Waals surface area contributed by atoms with Crippen molar-refractivity contribution in [3.05, 3.63) is 23.7 Å². The Bertz CT molecular complexity index is 398. The summed E-state index contributed by atoms with van der Waals surface area (Å²) in [6.45, 7) is 1.84. The minimum absolute atomic E-state index is 0.106. The molecule has 0 aliphatic heterocycles. The Morgan fingerprint density at radius 3 is 2.69 bits per heavy atom. The van der Waals surface area contributed by atoms with Gasteiger partial charge in [-0.25, -0.2) is 0 Å². The Balaban J connectivity index is 1.93. The maximum absolute atomic E-state index is 11.8. The van der Waals surface area contributed by atoms with Crippen LogP contribution in [0.3, 0.4) is 0 Å². The van der Waals surface area contributed by atoms with E-state index in [1.54, 1.807) is 6.07 Å². The van der Waals surface area contributed by atoms with Crippen LogP contribution >= 0.6 is 0 Å². The normalized spacial score (nSPS) is 17.4. The molecule has 4 heteroatoms. The zero-order valence-corrected chi connectivity index (χ0v) is 9.29. The zero-order chi connectivity index (χ0) is 11.5. The van der Waals surface area contributed by atoms with E-state index in [0.29, 0.717) is 24.4 Å². The molecule has 1 aliphatic carbocycles. The van der Waals surface area contributed by atoms with Gasteiger partial charge in [-0.1, -0.05) is 0 Å². The predicted molar refractivity (Wildman–Crippen MR) is 58.2 cm³/mol. The molecule has 4 nitrogen and oxygen atoms in total. The van der Waals surface area contributed by atoms with Crippen LogP contribution in [0.15, 0.2) is 16.7 Å². The molecule has 0 bridgehead atoms. The average molecular weight is 221 g/mol. The van der Waals surface area contributed by atoms with Crippen molar-refractivity contribution in [2.75, 3.05) is 0 Å². The lowest BCUT2D eigenvalue weighted by molar-refractivity contribution is -0.120. The fourth-order valence-electron chi connectivity index (χ4n) is 1.94. The molecule has 1 aliphatic rings. The third-order valence-corrected chi connectivity index (χ3v) is 2.95. The Morgan fingerprint density at radius 2 is 2.12 bits per heavy atom. The molecule has 0 saturated heterocycles. The van der Waals surface area contributed by atoms with Gasteiger partial charge in [0.1, 0.15) is 5.78 Å². The van der Waals surface area contributed by atoms with Crippen LogP contribution in [0.1, 0.15) is 41.8 Å². The molecular weight excluding hydrogens is 206 g/mol. The molecule has 1 fully saturated rings. The van der Waals surface area contributed by atoms with E-state index in [1.807, 2.05) is 6.92 Å². The van der Waals surface area contributed by atoms with Crippen LogP contribution in [0.4, 0.5) is 0 Å². The van der Waals surface area contributed by atoms with Crippen molar-refractivity contribution < 1.29 is 14.0 Å². The third-order valence-electron chi connectivity index (χ3n) is 2.95. The molecule has 1 saturated carbocycles. The molecule has 0 aromatic carbocycles. The lowest BCUT2D eigenvalue weighted by Gasteiger charge is -2.21. The van der Waals surface area contributed by atoms with Crippen molar-refractivity contribution in [1.29, 1.82) is 0 Å². The third kappa shape index (κ3) is 2.32. The molecule has 0 atom stereocenters. The number of aryl methyl sites for hydroxylation is 1. The van der Waals surface area contributed by atoms with Gasteiger partial charge in [0.25, 0.3) is 5.91 Å². The van der Waals surface area contributed by atoms with Crippen LogP contribution in [0.25, 0.3) is 0 Å². The fourth-order valence-corrected chi connectivity index (χ4v) is 1.94. The maximum atomic E-state index is 11.8. The first-order valence-electron chi connectivity index (χ1n) is 5.53. The minimum Gasteiger partial charge on any atom is -0.459 e. The van der Waals surface area contributed by atoms with Gasteiger partial charge in [-0.15, -0.1) is 0 Å². The van der Waals surface area contributed by atoms with Crippen molar-refractivity contribution in [1.82, 2.24) is 5.32 Å². The molecule has 2 rings (SSSR count). The highest BCUT2D eigenvalue weighted by molar-refractivity contribution is 5.93. The summed E-state index contributed by atoms with van der Waals surface area (Å²) in [5.74, 6) is 0.485. The molecule has 1 amide bonds. The van der Waals surface area contributed by atoms with E-state index in [1.165, 1.54) is 6.26 Å². The number of amides is 1. The summed E-state index contributed by atoms with van der Waals surface area (Å²) >= 11 is 0. The lowest BCUT2D eigenvalue weighted by atomic mass is 9.94. The Morgan fingerprint density at radius 1 is 1.44 bits per heavy atom. The standard InChI is InChI=1S/C12H15NO3/c1-8-6-7-16-11(8)12(15)13-9-2-4-10(14)5-3-9/h6-7,9H,2-5H2,1H3,(H,13,15). The molecule has 0 radical (unpaired) electrons. The number of hydrogen-bond acceptors (Lipinski definition) is 3. The van der Waals surface area contributed by atoms with Gasteiger partial charge in [0, 0.05) is 24.4 Å². The van der Waals surface area contributed by atoms with Gasteiger partial charge in [0.05, 0.1) is 6.26 Å². The number of furan rings is 1. The highest BCUT2D eigenvalue weighted by atomic mass is 16.3. The summed E-state index contributed by atoms with van der Waals surface area (Å²) in [6.07, 6.45) is 4.13. The first-order chi connectivity index (χ1) is 7.66. The molecule has 1 heterocycles. The summed E-state index contributed by atoms with van der Waals surface area (Å²) in [6, 6.07) is 1.87. The average Bonchev–Trinajstić information content (AvgIpc) is 2.68. The number of carbonyl (C=O) groups is 2. The van der Waals surface area contributed by atoms with Gasteiger partial charge in [0.15, 0.2) is 5.76 Å². The molecule has 0 unspecified atom stereocenters. The Hall–Kier alpha value is -1.58. The Kier molecular flexibility index (Phi) is 3.08. The van der Waals surface area contributed by atoms with Gasteiger partial charge in [-0.05, 0) is 25.8 Å². The molecule has 1 aromatic heterocycles. The smallest absolute Gasteiger partial charge is 0.287 e. The van der Waals surface area contributed by atoms with Gasteiger partial charge in [0.2, 0.25) is 0 Å². The van der Waals surface area contributed by atoms with E-state index in [2.05, 4.69) is 5.32 Å². The fraction of sp³-hybridized carbons (Fsp3) is 0.500. The lowest BCUT2D eigenvalue weighted by Crippen LogP contribution is -2.37. The summed E-state index contributed by atoms with van der Waals surface area (Å²) in [5, 5.41) is 2.90. The topological polar surface area (TPSA) is 59.3 Å². The van der Waals surface area contributed by atoms with Crippen molar-refractivity contribution >= 4 is 11.7 Å². The van der Waals surface area contributed by atoms with Crippen molar-refractivity contribution in [2.45, 2.75) is 38.6 Å². The highest BCUT2D eigenvalue weighted by Crippen LogP contribution is 2.16. The van der Waals surface area contributed by atoms with E-state index in [4.69, 9.17) is 4.42 Å². The number of ketones is 1. The molecule has 16 heavy (non-hydrogen) atoms. The maximum Gasteiger partial charge on any atom is 0.287 e. The molecule has 86 valence electrons. The first-order valence-corrected chi connectivity index (χ1v) is 5.53. The largest absolute Gasteiger partial charge is 0.459 e. The van der Waals surface area contributed by atoms with E-state index >= 15 is 0 Å². The minimum atomic E-state index is -0.179. The van der Waals surface area contributed by atoms with E-state index < -0.39 is 0 Å². The quantitative estimate of drug-likeness (QED) is 0.828. The number of rotatable bonds is 2. The van der Waals surface area contributed by atoms with Crippen LogP contribution in [-0.4, -0.2) is 17.7 Å². The van der Waals surface area contributed by atoms with Crippen molar-refractivity contribution in [3.8, 4) is 0 Å². The van der Waals surface area contributed by atoms with Gasteiger partial charge in [-0.2, -0.15) is 0 Å². The SMILES string of the molecule is Cc1ccoc1C(=O)NC1CCC(=O)CC1. The van der Waals surface area contributed by atoms with Gasteiger partial charge < -0.3 is 9.73 Å². The second-order valence-electron chi connectivity index (χ2n) is 4.22. The predicted octanol–water partition coefficient (Wildman–Crippen LogP) is 1.83. The molecule has 0 spiro atoms. The summed E-state index contributed by atoms with van der Waals surface area (Å²) in [7, 11) is 0. The second kappa shape index (κ2) is 4.51. The molecule has 1 aromatic rings. The van der Waals surface area contributed by atoms with Crippen molar-refractivity contribution in [2.24, 2.45) is 0 Å². The summed E-state index contributed by atoms with van der Waals surface area (Å²) in [4.78, 5) is 22.8. The highest BCUT2D eigenvalue weighted by Gasteiger charge is 2.22. The number of nitrogens with one attached hydrogen (secondary N) is 1.